The van der Waals surface area contributed by atoms with Crippen LogP contribution in [-0.4, -0.2) is 11.0 Å². The number of oxazole rings is 1. The molecule has 1 aliphatic rings. The van der Waals surface area contributed by atoms with Crippen molar-refractivity contribution in [3.63, 3.8) is 0 Å². The van der Waals surface area contributed by atoms with E-state index in [4.69, 9.17) is 4.42 Å². The van der Waals surface area contributed by atoms with Crippen LogP contribution >= 0.6 is 0 Å². The number of hydrogen-bond acceptors (Lipinski definition) is 3. The Hall–Kier alpha value is -1.68. The van der Waals surface area contributed by atoms with Crippen LogP contribution in [0.2, 0.25) is 0 Å². The molecule has 1 fully saturated rings. The molecule has 3 rings (SSSR count). The summed E-state index contributed by atoms with van der Waals surface area (Å²) in [4.78, 5) is 4.20. The van der Waals surface area contributed by atoms with Gasteiger partial charge in [0.05, 0.1) is 0 Å². The summed E-state index contributed by atoms with van der Waals surface area (Å²) in [6, 6.07) is 5.50. The Morgan fingerprint density at radius 3 is 2.94 bits per heavy atom. The molecule has 0 radical (unpaired) electrons. The summed E-state index contributed by atoms with van der Waals surface area (Å²) in [5, 5.41) is 3.38. The van der Waals surface area contributed by atoms with Crippen LogP contribution < -0.4 is 5.32 Å². The first-order valence-corrected chi connectivity index (χ1v) is 6.15. The first-order chi connectivity index (χ1) is 8.72. The van der Waals surface area contributed by atoms with E-state index in [1.165, 1.54) is 31.4 Å². The predicted octanol–water partition coefficient (Wildman–Crippen LogP) is 3.04. The van der Waals surface area contributed by atoms with Gasteiger partial charge in [0.1, 0.15) is 11.5 Å². The molecule has 0 amide bonds. The van der Waals surface area contributed by atoms with Crippen molar-refractivity contribution in [1.82, 2.24) is 10.3 Å². The van der Waals surface area contributed by atoms with E-state index in [2.05, 4.69) is 10.3 Å². The van der Waals surface area contributed by atoms with Gasteiger partial charge in [-0.15, -0.1) is 0 Å². The second-order valence-corrected chi connectivity index (χ2v) is 4.80. The van der Waals surface area contributed by atoms with Gasteiger partial charge in [-0.3, -0.25) is 0 Å². The third-order valence-electron chi connectivity index (χ3n) is 3.08. The van der Waals surface area contributed by atoms with Crippen LogP contribution in [0.3, 0.4) is 0 Å². The molecular formula is C14H15FN2O. The number of nitrogens with zero attached hydrogens (tertiary/aromatic N) is 1. The van der Waals surface area contributed by atoms with Crippen LogP contribution in [0.15, 0.2) is 29.0 Å². The van der Waals surface area contributed by atoms with E-state index in [0.29, 0.717) is 18.3 Å². The molecule has 1 heterocycles. The zero-order valence-corrected chi connectivity index (χ0v) is 10.2. The lowest BCUT2D eigenvalue weighted by atomic mass is 10.1. The molecule has 0 aliphatic heterocycles. The number of nitrogens with one attached hydrogen (secondary N) is 1. The van der Waals surface area contributed by atoms with Crippen molar-refractivity contribution >= 4 is 0 Å². The number of rotatable bonds is 4. The molecule has 0 spiro atoms. The van der Waals surface area contributed by atoms with E-state index >= 15 is 0 Å². The van der Waals surface area contributed by atoms with Crippen LogP contribution in [0, 0.1) is 12.7 Å². The molecule has 0 bridgehead atoms. The monoisotopic (exact) mass is 246 g/mol. The Kier molecular flexibility index (Phi) is 2.88. The Labute approximate surface area is 105 Å². The third kappa shape index (κ3) is 2.43. The highest BCUT2D eigenvalue weighted by molar-refractivity contribution is 5.60. The molecule has 3 nitrogen and oxygen atoms in total. The normalized spacial score (nSPS) is 15.0. The quantitative estimate of drug-likeness (QED) is 0.901. The summed E-state index contributed by atoms with van der Waals surface area (Å²) in [6.45, 7) is 2.54. The van der Waals surface area contributed by atoms with E-state index < -0.39 is 0 Å². The fourth-order valence-electron chi connectivity index (χ4n) is 2.03. The standard InChI is InChI=1S/C14H15FN2O/c1-9-4-10(6-11(15)5-9)14-13(17-8-18-14)7-16-12-2-3-12/h4-6,8,12,16H,2-3,7H2,1H3. The average Bonchev–Trinajstić information content (AvgIpc) is 3.02. The van der Waals surface area contributed by atoms with Crippen LogP contribution in [0.1, 0.15) is 24.1 Å². The largest absolute Gasteiger partial charge is 0.443 e. The summed E-state index contributed by atoms with van der Waals surface area (Å²) in [5.74, 6) is 0.410. The van der Waals surface area contributed by atoms with Crippen LogP contribution in [0.4, 0.5) is 4.39 Å². The maximum Gasteiger partial charge on any atom is 0.181 e. The third-order valence-corrected chi connectivity index (χ3v) is 3.08. The Bertz CT molecular complexity index is 540. The highest BCUT2D eigenvalue weighted by Crippen LogP contribution is 2.26. The maximum absolute atomic E-state index is 13.4. The smallest absolute Gasteiger partial charge is 0.181 e. The zero-order valence-electron chi connectivity index (χ0n) is 10.2. The molecule has 0 unspecified atom stereocenters. The summed E-state index contributed by atoms with van der Waals surface area (Å²) >= 11 is 0. The van der Waals surface area contributed by atoms with Gasteiger partial charge in [-0.1, -0.05) is 0 Å². The number of aromatic nitrogens is 1. The molecule has 1 aromatic heterocycles. The van der Waals surface area contributed by atoms with Crippen LogP contribution in [-0.2, 0) is 6.54 Å². The molecule has 1 saturated carbocycles. The number of aryl methyl sites for hydroxylation is 1. The number of benzene rings is 1. The van der Waals surface area contributed by atoms with Gasteiger partial charge in [-0.2, -0.15) is 0 Å². The van der Waals surface area contributed by atoms with Gasteiger partial charge in [0.25, 0.3) is 0 Å². The first-order valence-electron chi connectivity index (χ1n) is 6.15. The van der Waals surface area contributed by atoms with Crippen molar-refractivity contribution in [3.05, 3.63) is 41.7 Å². The van der Waals surface area contributed by atoms with Gasteiger partial charge in [0.15, 0.2) is 12.2 Å². The fourth-order valence-corrected chi connectivity index (χ4v) is 2.03. The highest BCUT2D eigenvalue weighted by atomic mass is 19.1. The highest BCUT2D eigenvalue weighted by Gasteiger charge is 2.21. The second kappa shape index (κ2) is 4.53. The first kappa shape index (κ1) is 11.4. The molecular weight excluding hydrogens is 231 g/mol. The molecule has 2 aromatic rings. The summed E-state index contributed by atoms with van der Waals surface area (Å²) < 4.78 is 18.8. The minimum absolute atomic E-state index is 0.248. The fraction of sp³-hybridized carbons (Fsp3) is 0.357. The summed E-state index contributed by atoms with van der Waals surface area (Å²) in [5.41, 5.74) is 2.46. The second-order valence-electron chi connectivity index (χ2n) is 4.80. The van der Waals surface area contributed by atoms with E-state index in [0.717, 1.165) is 16.8 Å². The van der Waals surface area contributed by atoms with E-state index in [1.807, 2.05) is 13.0 Å². The van der Waals surface area contributed by atoms with E-state index in [-0.39, 0.29) is 5.82 Å². The van der Waals surface area contributed by atoms with E-state index in [9.17, 15) is 4.39 Å². The number of hydrogen-bond donors (Lipinski definition) is 1. The predicted molar refractivity (Wildman–Crippen MR) is 66.5 cm³/mol. The lowest BCUT2D eigenvalue weighted by Gasteiger charge is -2.04. The molecule has 0 atom stereocenters. The van der Waals surface area contributed by atoms with Gasteiger partial charge >= 0.3 is 0 Å². The van der Waals surface area contributed by atoms with Gasteiger partial charge in [-0.05, 0) is 43.5 Å². The molecule has 1 N–H and O–H groups in total. The van der Waals surface area contributed by atoms with Crippen molar-refractivity contribution in [2.75, 3.05) is 0 Å². The minimum Gasteiger partial charge on any atom is -0.443 e. The maximum atomic E-state index is 13.4. The van der Waals surface area contributed by atoms with Crippen molar-refractivity contribution in [2.24, 2.45) is 0 Å². The van der Waals surface area contributed by atoms with Crippen molar-refractivity contribution in [3.8, 4) is 11.3 Å². The zero-order chi connectivity index (χ0) is 12.5. The SMILES string of the molecule is Cc1cc(F)cc(-c2ocnc2CNC2CC2)c1. The molecule has 1 aliphatic carbocycles. The molecule has 1 aromatic carbocycles. The molecule has 18 heavy (non-hydrogen) atoms. The topological polar surface area (TPSA) is 38.1 Å². The van der Waals surface area contributed by atoms with Crippen molar-refractivity contribution < 1.29 is 8.81 Å². The molecule has 0 saturated heterocycles. The average molecular weight is 246 g/mol. The van der Waals surface area contributed by atoms with Gasteiger partial charge in [0, 0.05) is 18.2 Å². The lowest BCUT2D eigenvalue weighted by Crippen LogP contribution is -2.16. The lowest BCUT2D eigenvalue weighted by molar-refractivity contribution is 0.567. The van der Waals surface area contributed by atoms with Crippen molar-refractivity contribution in [1.29, 1.82) is 0 Å². The Morgan fingerprint density at radius 2 is 2.22 bits per heavy atom. The molecule has 4 heteroatoms. The van der Waals surface area contributed by atoms with E-state index in [1.54, 1.807) is 0 Å². The summed E-state index contributed by atoms with van der Waals surface area (Å²) in [6.07, 6.45) is 3.87. The Balaban J connectivity index is 1.87. The van der Waals surface area contributed by atoms with Gasteiger partial charge in [0.2, 0.25) is 0 Å². The van der Waals surface area contributed by atoms with Crippen LogP contribution in [0.25, 0.3) is 11.3 Å². The minimum atomic E-state index is -0.248. The van der Waals surface area contributed by atoms with Crippen LogP contribution in [0.5, 0.6) is 0 Å². The van der Waals surface area contributed by atoms with Crippen molar-refractivity contribution in [2.45, 2.75) is 32.4 Å². The summed E-state index contributed by atoms with van der Waals surface area (Å²) in [7, 11) is 0. The Morgan fingerprint density at radius 1 is 1.39 bits per heavy atom. The molecule has 94 valence electrons. The van der Waals surface area contributed by atoms with Gasteiger partial charge in [-0.25, -0.2) is 9.37 Å². The number of halogens is 1. The van der Waals surface area contributed by atoms with Gasteiger partial charge < -0.3 is 9.73 Å².